The van der Waals surface area contributed by atoms with Crippen LogP contribution >= 0.6 is 0 Å². The van der Waals surface area contributed by atoms with E-state index in [4.69, 9.17) is 4.74 Å². The van der Waals surface area contributed by atoms with Crippen LogP contribution in [0.25, 0.3) is 0 Å². The second-order valence-corrected chi connectivity index (χ2v) is 8.39. The van der Waals surface area contributed by atoms with Gasteiger partial charge in [0.25, 0.3) is 5.56 Å². The lowest BCUT2D eigenvalue weighted by atomic mass is 10.0. The fourth-order valence-corrected chi connectivity index (χ4v) is 4.21. The van der Waals surface area contributed by atoms with E-state index in [2.05, 4.69) is 34.3 Å². The van der Waals surface area contributed by atoms with E-state index in [0.29, 0.717) is 61.8 Å². The fourth-order valence-electron chi connectivity index (χ4n) is 4.21. The number of morpholine rings is 1. The number of carbonyl (C=O) groups is 1. The number of aromatic amines is 1. The van der Waals surface area contributed by atoms with Gasteiger partial charge in [0, 0.05) is 30.8 Å². The average molecular weight is 411 g/mol. The minimum atomic E-state index is -0.160. The Kier molecular flexibility index (Phi) is 6.18. The van der Waals surface area contributed by atoms with Crippen molar-refractivity contribution in [3.8, 4) is 0 Å². The number of aryl methyl sites for hydroxylation is 1. The van der Waals surface area contributed by atoms with E-state index in [9.17, 15) is 9.59 Å². The van der Waals surface area contributed by atoms with Crippen LogP contribution in [-0.2, 0) is 16.0 Å². The largest absolute Gasteiger partial charge is 0.378 e. The molecule has 160 valence electrons. The van der Waals surface area contributed by atoms with Gasteiger partial charge in [0.15, 0.2) is 0 Å². The Hall–Kier alpha value is -2.67. The third kappa shape index (κ3) is 4.73. The molecule has 2 heterocycles. The molecule has 7 nitrogen and oxygen atoms in total. The minimum Gasteiger partial charge on any atom is -0.378 e. The first-order valence-corrected chi connectivity index (χ1v) is 10.8. The standard InChI is InChI=1S/C23H30N4O3/c1-15-14-19(15)21(17-6-4-3-5-7-17)25-20(28)9-8-18-16(2)24-23(26-22(18)29)27-10-12-30-13-11-27/h3-7,15,19,21H,8-14H2,1-2H3,(H,25,28)(H,24,26,29). The summed E-state index contributed by atoms with van der Waals surface area (Å²) in [4.78, 5) is 34.8. The number of nitrogens with one attached hydrogen (secondary N) is 2. The van der Waals surface area contributed by atoms with Crippen LogP contribution in [0.15, 0.2) is 35.1 Å². The normalized spacial score (nSPS) is 21.9. The van der Waals surface area contributed by atoms with Crippen LogP contribution in [0, 0.1) is 18.8 Å². The first-order valence-electron chi connectivity index (χ1n) is 10.8. The van der Waals surface area contributed by atoms with Crippen LogP contribution in [0.4, 0.5) is 5.95 Å². The molecule has 7 heteroatoms. The number of ether oxygens (including phenoxy) is 1. The number of carbonyl (C=O) groups excluding carboxylic acids is 1. The summed E-state index contributed by atoms with van der Waals surface area (Å²) >= 11 is 0. The van der Waals surface area contributed by atoms with Gasteiger partial charge < -0.3 is 15.0 Å². The van der Waals surface area contributed by atoms with Gasteiger partial charge in [-0.25, -0.2) is 4.98 Å². The lowest BCUT2D eigenvalue weighted by Crippen LogP contribution is -2.38. The van der Waals surface area contributed by atoms with Gasteiger partial charge in [-0.3, -0.25) is 14.6 Å². The molecule has 1 aromatic carbocycles. The van der Waals surface area contributed by atoms with Crippen LogP contribution in [0.1, 0.15) is 42.6 Å². The van der Waals surface area contributed by atoms with E-state index in [1.807, 2.05) is 30.0 Å². The van der Waals surface area contributed by atoms with E-state index in [1.54, 1.807) is 0 Å². The Balaban J connectivity index is 1.40. The summed E-state index contributed by atoms with van der Waals surface area (Å²) in [6.45, 7) is 6.75. The van der Waals surface area contributed by atoms with Crippen LogP contribution in [0.5, 0.6) is 0 Å². The number of amides is 1. The number of rotatable bonds is 7. The third-order valence-corrected chi connectivity index (χ3v) is 6.20. The molecule has 2 aromatic rings. The predicted octanol–water partition coefficient (Wildman–Crippen LogP) is 2.36. The fraction of sp³-hybridized carbons (Fsp3) is 0.522. The molecule has 0 spiro atoms. The lowest BCUT2D eigenvalue weighted by molar-refractivity contribution is -0.122. The number of H-pyrrole nitrogens is 1. The zero-order valence-electron chi connectivity index (χ0n) is 17.7. The smallest absolute Gasteiger partial charge is 0.255 e. The first-order chi connectivity index (χ1) is 14.5. The van der Waals surface area contributed by atoms with Crippen molar-refractivity contribution in [1.29, 1.82) is 0 Å². The van der Waals surface area contributed by atoms with Crippen LogP contribution in [-0.4, -0.2) is 42.2 Å². The molecule has 1 aliphatic carbocycles. The number of aromatic nitrogens is 2. The first kappa shape index (κ1) is 20.6. The minimum absolute atomic E-state index is 0.0287. The van der Waals surface area contributed by atoms with Gasteiger partial charge >= 0.3 is 0 Å². The maximum absolute atomic E-state index is 12.7. The molecular formula is C23H30N4O3. The number of benzene rings is 1. The number of hydrogen-bond donors (Lipinski definition) is 2. The molecule has 1 aliphatic heterocycles. The number of anilines is 1. The highest BCUT2D eigenvalue weighted by molar-refractivity contribution is 5.76. The molecule has 1 saturated heterocycles. The molecule has 1 amide bonds. The van der Waals surface area contributed by atoms with Gasteiger partial charge in [0.2, 0.25) is 11.9 Å². The summed E-state index contributed by atoms with van der Waals surface area (Å²) in [6, 6.07) is 10.2. The highest BCUT2D eigenvalue weighted by Crippen LogP contribution is 2.46. The highest BCUT2D eigenvalue weighted by Gasteiger charge is 2.40. The van der Waals surface area contributed by atoms with E-state index in [1.165, 1.54) is 0 Å². The topological polar surface area (TPSA) is 87.3 Å². The molecule has 2 fully saturated rings. The Morgan fingerprint density at radius 2 is 2.00 bits per heavy atom. The van der Waals surface area contributed by atoms with Crippen molar-refractivity contribution in [3.05, 3.63) is 57.5 Å². The maximum Gasteiger partial charge on any atom is 0.255 e. The van der Waals surface area contributed by atoms with Crippen molar-refractivity contribution in [3.63, 3.8) is 0 Å². The molecule has 4 rings (SSSR count). The van der Waals surface area contributed by atoms with E-state index >= 15 is 0 Å². The average Bonchev–Trinajstić information content (AvgIpc) is 3.48. The van der Waals surface area contributed by atoms with Crippen LogP contribution in [0.3, 0.4) is 0 Å². The summed E-state index contributed by atoms with van der Waals surface area (Å²) in [5.41, 5.74) is 2.25. The van der Waals surface area contributed by atoms with Crippen molar-refractivity contribution in [1.82, 2.24) is 15.3 Å². The molecule has 1 saturated carbocycles. The summed E-state index contributed by atoms with van der Waals surface area (Å²) in [7, 11) is 0. The molecule has 2 aliphatic rings. The lowest BCUT2D eigenvalue weighted by Gasteiger charge is -2.27. The molecule has 3 unspecified atom stereocenters. The monoisotopic (exact) mass is 410 g/mol. The van der Waals surface area contributed by atoms with Crippen molar-refractivity contribution >= 4 is 11.9 Å². The summed E-state index contributed by atoms with van der Waals surface area (Å²) in [5, 5.41) is 3.20. The predicted molar refractivity (Wildman–Crippen MR) is 116 cm³/mol. The third-order valence-electron chi connectivity index (χ3n) is 6.20. The Morgan fingerprint density at radius 1 is 1.30 bits per heavy atom. The van der Waals surface area contributed by atoms with Gasteiger partial charge in [-0.1, -0.05) is 37.3 Å². The van der Waals surface area contributed by atoms with E-state index in [-0.39, 0.29) is 23.9 Å². The highest BCUT2D eigenvalue weighted by atomic mass is 16.5. The summed E-state index contributed by atoms with van der Waals surface area (Å²) < 4.78 is 5.36. The van der Waals surface area contributed by atoms with Gasteiger partial charge in [-0.05, 0) is 37.2 Å². The Bertz CT molecular complexity index is 937. The zero-order valence-corrected chi connectivity index (χ0v) is 17.7. The van der Waals surface area contributed by atoms with Gasteiger partial charge in [0.1, 0.15) is 0 Å². The van der Waals surface area contributed by atoms with Crippen molar-refractivity contribution in [2.45, 2.75) is 39.2 Å². The van der Waals surface area contributed by atoms with Crippen molar-refractivity contribution < 1.29 is 9.53 Å². The molecule has 2 N–H and O–H groups in total. The van der Waals surface area contributed by atoms with E-state index < -0.39 is 0 Å². The molecule has 0 bridgehead atoms. The summed E-state index contributed by atoms with van der Waals surface area (Å²) in [5.74, 6) is 1.66. The SMILES string of the molecule is Cc1nc(N2CCOCC2)[nH]c(=O)c1CCC(=O)NC(c1ccccc1)C1CC1C. The number of hydrogen-bond acceptors (Lipinski definition) is 5. The zero-order chi connectivity index (χ0) is 21.1. The molecular weight excluding hydrogens is 380 g/mol. The maximum atomic E-state index is 12.7. The Morgan fingerprint density at radius 3 is 2.63 bits per heavy atom. The summed E-state index contributed by atoms with van der Waals surface area (Å²) in [6.07, 6.45) is 1.78. The Labute approximate surface area is 176 Å². The van der Waals surface area contributed by atoms with E-state index in [0.717, 1.165) is 12.0 Å². The molecule has 0 radical (unpaired) electrons. The van der Waals surface area contributed by atoms with Gasteiger partial charge in [-0.2, -0.15) is 0 Å². The van der Waals surface area contributed by atoms with Crippen molar-refractivity contribution in [2.75, 3.05) is 31.2 Å². The van der Waals surface area contributed by atoms with Crippen LogP contribution in [0.2, 0.25) is 0 Å². The molecule has 30 heavy (non-hydrogen) atoms. The van der Waals surface area contributed by atoms with Gasteiger partial charge in [-0.15, -0.1) is 0 Å². The molecule has 1 aromatic heterocycles. The van der Waals surface area contributed by atoms with Crippen molar-refractivity contribution in [2.24, 2.45) is 11.8 Å². The van der Waals surface area contributed by atoms with Gasteiger partial charge in [0.05, 0.1) is 19.3 Å². The quantitative estimate of drug-likeness (QED) is 0.732. The second-order valence-electron chi connectivity index (χ2n) is 8.39. The van der Waals surface area contributed by atoms with Crippen LogP contribution < -0.4 is 15.8 Å². The second kappa shape index (κ2) is 9.00. The number of nitrogens with zero attached hydrogens (tertiary/aromatic N) is 2. The molecule has 3 atom stereocenters.